The highest BCUT2D eigenvalue weighted by Crippen LogP contribution is 2.14. The molecule has 7 heteroatoms. The first kappa shape index (κ1) is 15.7. The molecular formula is C14H15N3O2S2. The lowest BCUT2D eigenvalue weighted by molar-refractivity contribution is 0.582. The normalized spacial score (nSPS) is 11.0. The molecule has 3 N–H and O–H groups in total. The van der Waals surface area contributed by atoms with E-state index in [1.165, 1.54) is 23.5 Å². The van der Waals surface area contributed by atoms with E-state index in [2.05, 4.69) is 21.5 Å². The third kappa shape index (κ3) is 4.37. The highest BCUT2D eigenvalue weighted by Gasteiger charge is 2.13. The van der Waals surface area contributed by atoms with Crippen molar-refractivity contribution >= 4 is 21.4 Å². The van der Waals surface area contributed by atoms with Crippen LogP contribution in [0.3, 0.4) is 0 Å². The van der Waals surface area contributed by atoms with Crippen LogP contribution in [0.15, 0.2) is 35.4 Å². The molecular weight excluding hydrogens is 306 g/mol. The van der Waals surface area contributed by atoms with E-state index in [0.29, 0.717) is 0 Å². The molecule has 0 spiro atoms. The maximum Gasteiger partial charge on any atom is 0.240 e. The number of hydrogen-bond donors (Lipinski definition) is 2. The van der Waals surface area contributed by atoms with Crippen LogP contribution in [-0.2, 0) is 16.6 Å². The average molecular weight is 321 g/mol. The molecule has 0 saturated carbocycles. The topological polar surface area (TPSA) is 85.1 Å². The Bertz CT molecular complexity index is 769. The fourth-order valence-corrected chi connectivity index (χ4v) is 3.44. The van der Waals surface area contributed by atoms with Gasteiger partial charge in [-0.2, -0.15) is 0 Å². The molecule has 110 valence electrons. The van der Waals surface area contributed by atoms with Crippen LogP contribution in [0.4, 0.5) is 0 Å². The van der Waals surface area contributed by atoms with Gasteiger partial charge in [-0.3, -0.25) is 0 Å². The summed E-state index contributed by atoms with van der Waals surface area (Å²) in [6.07, 6.45) is 1.67. The molecule has 1 aromatic carbocycles. The second-order valence-electron chi connectivity index (χ2n) is 4.20. The van der Waals surface area contributed by atoms with Crippen molar-refractivity contribution in [3.05, 3.63) is 45.9 Å². The van der Waals surface area contributed by atoms with E-state index >= 15 is 0 Å². The van der Waals surface area contributed by atoms with Crippen LogP contribution in [0, 0.1) is 18.8 Å². The van der Waals surface area contributed by atoms with E-state index in [0.717, 1.165) is 15.4 Å². The summed E-state index contributed by atoms with van der Waals surface area (Å²) in [5, 5.41) is 0.909. The van der Waals surface area contributed by atoms with Gasteiger partial charge in [0.25, 0.3) is 0 Å². The van der Waals surface area contributed by atoms with E-state index in [1.54, 1.807) is 18.3 Å². The van der Waals surface area contributed by atoms with E-state index in [-0.39, 0.29) is 18.0 Å². The Labute approximate surface area is 128 Å². The van der Waals surface area contributed by atoms with Gasteiger partial charge in [0.2, 0.25) is 10.0 Å². The van der Waals surface area contributed by atoms with Crippen LogP contribution >= 0.6 is 11.3 Å². The van der Waals surface area contributed by atoms with E-state index in [9.17, 15) is 8.42 Å². The maximum absolute atomic E-state index is 12.2. The highest BCUT2D eigenvalue weighted by molar-refractivity contribution is 7.89. The van der Waals surface area contributed by atoms with Gasteiger partial charge in [-0.15, -0.1) is 11.3 Å². The monoisotopic (exact) mass is 321 g/mol. The smallest absolute Gasteiger partial charge is 0.240 e. The highest BCUT2D eigenvalue weighted by atomic mass is 32.2. The van der Waals surface area contributed by atoms with Gasteiger partial charge in [0, 0.05) is 23.2 Å². The van der Waals surface area contributed by atoms with Gasteiger partial charge >= 0.3 is 0 Å². The van der Waals surface area contributed by atoms with Crippen molar-refractivity contribution in [3.8, 4) is 11.8 Å². The third-order valence-corrected chi connectivity index (χ3v) is 4.93. The molecule has 2 rings (SSSR count). The SMILES string of the molecule is Cc1ncc(CNS(=O)(=O)c2ccc(C#CCN)cc2)s1. The van der Waals surface area contributed by atoms with Crippen molar-refractivity contribution < 1.29 is 8.42 Å². The van der Waals surface area contributed by atoms with Gasteiger partial charge in [0.1, 0.15) is 0 Å². The predicted octanol–water partition coefficient (Wildman–Crippen LogP) is 1.24. The number of rotatable bonds is 4. The molecule has 0 aliphatic rings. The number of hydrogen-bond acceptors (Lipinski definition) is 5. The summed E-state index contributed by atoms with van der Waals surface area (Å²) >= 11 is 1.47. The Hall–Kier alpha value is -1.72. The number of benzene rings is 1. The summed E-state index contributed by atoms with van der Waals surface area (Å²) in [4.78, 5) is 5.18. The number of nitrogens with zero attached hydrogens (tertiary/aromatic N) is 1. The van der Waals surface area contributed by atoms with Gasteiger partial charge in [-0.25, -0.2) is 18.1 Å². The minimum Gasteiger partial charge on any atom is -0.320 e. The summed E-state index contributed by atoms with van der Waals surface area (Å²) in [6.45, 7) is 2.39. The first-order valence-electron chi connectivity index (χ1n) is 6.21. The molecule has 0 unspecified atom stereocenters. The van der Waals surface area contributed by atoms with Crippen LogP contribution in [0.5, 0.6) is 0 Å². The first-order chi connectivity index (χ1) is 10.0. The predicted molar refractivity (Wildman–Crippen MR) is 83.3 cm³/mol. The van der Waals surface area contributed by atoms with Gasteiger partial charge in [0.05, 0.1) is 16.4 Å². The molecule has 2 aromatic rings. The number of nitrogens with two attached hydrogens (primary N) is 1. The molecule has 1 heterocycles. The zero-order valence-electron chi connectivity index (χ0n) is 11.5. The maximum atomic E-state index is 12.2. The molecule has 0 bridgehead atoms. The lowest BCUT2D eigenvalue weighted by atomic mass is 10.2. The second kappa shape index (κ2) is 6.83. The van der Waals surface area contributed by atoms with Gasteiger partial charge in [-0.1, -0.05) is 11.8 Å². The lowest BCUT2D eigenvalue weighted by Gasteiger charge is -2.05. The fourth-order valence-electron chi connectivity index (χ4n) is 1.61. The number of aryl methyl sites for hydroxylation is 1. The molecule has 21 heavy (non-hydrogen) atoms. The number of sulfonamides is 1. The van der Waals surface area contributed by atoms with Crippen LogP contribution < -0.4 is 10.5 Å². The molecule has 5 nitrogen and oxygen atoms in total. The van der Waals surface area contributed by atoms with Crippen molar-refractivity contribution in [2.45, 2.75) is 18.4 Å². The molecule has 0 radical (unpaired) electrons. The van der Waals surface area contributed by atoms with E-state index in [4.69, 9.17) is 5.73 Å². The van der Waals surface area contributed by atoms with Crippen molar-refractivity contribution in [3.63, 3.8) is 0 Å². The molecule has 0 atom stereocenters. The Morgan fingerprint density at radius 2 is 2.05 bits per heavy atom. The van der Waals surface area contributed by atoms with Crippen LogP contribution in [0.1, 0.15) is 15.4 Å². The van der Waals surface area contributed by atoms with Crippen LogP contribution in [-0.4, -0.2) is 19.9 Å². The molecule has 0 fully saturated rings. The molecule has 0 saturated heterocycles. The quantitative estimate of drug-likeness (QED) is 0.830. The summed E-state index contributed by atoms with van der Waals surface area (Å²) < 4.78 is 26.9. The molecule has 0 aliphatic heterocycles. The van der Waals surface area contributed by atoms with E-state index < -0.39 is 10.0 Å². The Kier molecular flexibility index (Phi) is 5.09. The summed E-state index contributed by atoms with van der Waals surface area (Å²) in [5.74, 6) is 5.57. The largest absolute Gasteiger partial charge is 0.320 e. The Balaban J connectivity index is 2.08. The van der Waals surface area contributed by atoms with Crippen molar-refractivity contribution in [1.29, 1.82) is 0 Å². The van der Waals surface area contributed by atoms with Gasteiger partial charge in [0.15, 0.2) is 0 Å². The van der Waals surface area contributed by atoms with Crippen LogP contribution in [0.2, 0.25) is 0 Å². The zero-order chi connectivity index (χ0) is 15.3. The number of nitrogens with one attached hydrogen (secondary N) is 1. The van der Waals surface area contributed by atoms with Crippen LogP contribution in [0.25, 0.3) is 0 Å². The first-order valence-corrected chi connectivity index (χ1v) is 8.51. The van der Waals surface area contributed by atoms with Gasteiger partial charge < -0.3 is 5.73 Å². The molecule has 0 amide bonds. The summed E-state index contributed by atoms with van der Waals surface area (Å²) in [5.41, 5.74) is 6.02. The third-order valence-electron chi connectivity index (χ3n) is 2.60. The Morgan fingerprint density at radius 3 is 2.62 bits per heavy atom. The lowest BCUT2D eigenvalue weighted by Crippen LogP contribution is -2.22. The summed E-state index contributed by atoms with van der Waals surface area (Å²) in [7, 11) is -3.53. The van der Waals surface area contributed by atoms with Gasteiger partial charge in [-0.05, 0) is 31.2 Å². The standard InChI is InChI=1S/C14H15N3O2S2/c1-11-16-9-13(20-11)10-17-21(18,19)14-6-4-12(5-7-14)3-2-8-15/h4-7,9,17H,8,10,15H2,1H3. The summed E-state index contributed by atoms with van der Waals surface area (Å²) in [6, 6.07) is 6.38. The number of thiazole rings is 1. The minimum atomic E-state index is -3.53. The fraction of sp³-hybridized carbons (Fsp3) is 0.214. The number of aromatic nitrogens is 1. The van der Waals surface area contributed by atoms with E-state index in [1.807, 2.05) is 6.92 Å². The Morgan fingerprint density at radius 1 is 1.33 bits per heavy atom. The van der Waals surface area contributed by atoms with Crippen molar-refractivity contribution in [2.24, 2.45) is 5.73 Å². The zero-order valence-corrected chi connectivity index (χ0v) is 13.1. The van der Waals surface area contributed by atoms with Crippen molar-refractivity contribution in [1.82, 2.24) is 9.71 Å². The average Bonchev–Trinajstić information content (AvgIpc) is 2.89. The van der Waals surface area contributed by atoms with Crippen molar-refractivity contribution in [2.75, 3.05) is 6.54 Å². The molecule has 1 aromatic heterocycles. The minimum absolute atomic E-state index is 0.210. The molecule has 0 aliphatic carbocycles. The second-order valence-corrected chi connectivity index (χ2v) is 7.29.